The number of amides is 1. The number of rotatable bonds is 4. The van der Waals surface area contributed by atoms with E-state index in [0.717, 1.165) is 10.4 Å². The van der Waals surface area contributed by atoms with Gasteiger partial charge in [-0.2, -0.15) is 0 Å². The van der Waals surface area contributed by atoms with Crippen molar-refractivity contribution >= 4 is 34.4 Å². The number of benzene rings is 2. The highest BCUT2D eigenvalue weighted by Gasteiger charge is 2.16. The molecule has 0 bridgehead atoms. The first kappa shape index (κ1) is 16.4. The van der Waals surface area contributed by atoms with Gasteiger partial charge < -0.3 is 15.3 Å². The maximum absolute atomic E-state index is 12.4. The number of aryl methyl sites for hydroxylation is 2. The van der Waals surface area contributed by atoms with Crippen molar-refractivity contribution in [1.82, 2.24) is 9.97 Å². The summed E-state index contributed by atoms with van der Waals surface area (Å²) in [4.78, 5) is 30.2. The van der Waals surface area contributed by atoms with E-state index in [1.54, 1.807) is 18.2 Å². The lowest BCUT2D eigenvalue weighted by Crippen LogP contribution is -2.22. The summed E-state index contributed by atoms with van der Waals surface area (Å²) in [5.74, 6) is -0.0720. The minimum Gasteiger partial charge on any atom is -0.325 e. The first-order valence-electron chi connectivity index (χ1n) is 7.69. The average molecular weight is 341 g/mol. The number of aromatic amines is 2. The maximum Gasteiger partial charge on any atom is 0.323 e. The first-order chi connectivity index (χ1) is 11.4. The number of H-pyrrole nitrogens is 2. The molecule has 0 aliphatic heterocycles. The average Bonchev–Trinajstić information content (AvgIpc) is 2.89. The second-order valence-electron chi connectivity index (χ2n) is 5.86. The van der Waals surface area contributed by atoms with Crippen LogP contribution in [0.25, 0.3) is 11.0 Å². The fourth-order valence-electron chi connectivity index (χ4n) is 2.53. The third-order valence-electron chi connectivity index (χ3n) is 3.79. The van der Waals surface area contributed by atoms with Crippen molar-refractivity contribution in [3.05, 3.63) is 58.0 Å². The van der Waals surface area contributed by atoms with E-state index in [9.17, 15) is 9.59 Å². The molecule has 1 unspecified atom stereocenters. The van der Waals surface area contributed by atoms with Crippen LogP contribution >= 0.6 is 11.8 Å². The van der Waals surface area contributed by atoms with Crippen LogP contribution in [0, 0.1) is 13.8 Å². The van der Waals surface area contributed by atoms with Crippen LogP contribution in [0.5, 0.6) is 0 Å². The standard InChI is InChI=1S/C18H19N3O2S/c1-10-4-7-16(11(2)8-10)24-12(3)17(22)19-13-5-6-14-15(9-13)21-18(23)20-14/h4-9,12H,1-3H3,(H,19,22)(H2,20,21,23). The predicted molar refractivity (Wildman–Crippen MR) is 98.8 cm³/mol. The van der Waals surface area contributed by atoms with Crippen molar-refractivity contribution < 1.29 is 4.79 Å². The van der Waals surface area contributed by atoms with E-state index in [2.05, 4.69) is 47.3 Å². The molecule has 1 atom stereocenters. The molecule has 2 aromatic carbocycles. The van der Waals surface area contributed by atoms with Gasteiger partial charge in [-0.3, -0.25) is 4.79 Å². The van der Waals surface area contributed by atoms with E-state index in [-0.39, 0.29) is 16.8 Å². The topological polar surface area (TPSA) is 77.8 Å². The van der Waals surface area contributed by atoms with Crippen LogP contribution in [-0.4, -0.2) is 21.1 Å². The summed E-state index contributed by atoms with van der Waals surface area (Å²) in [6.45, 7) is 5.99. The minimum absolute atomic E-state index is 0.0720. The Balaban J connectivity index is 1.71. The zero-order valence-corrected chi connectivity index (χ0v) is 14.6. The van der Waals surface area contributed by atoms with Crippen molar-refractivity contribution in [3.8, 4) is 0 Å². The lowest BCUT2D eigenvalue weighted by atomic mass is 10.2. The second-order valence-corrected chi connectivity index (χ2v) is 7.24. The maximum atomic E-state index is 12.4. The van der Waals surface area contributed by atoms with Gasteiger partial charge in [0.05, 0.1) is 16.3 Å². The summed E-state index contributed by atoms with van der Waals surface area (Å²) in [5.41, 5.74) is 4.18. The molecule has 24 heavy (non-hydrogen) atoms. The minimum atomic E-state index is -0.257. The highest BCUT2D eigenvalue weighted by atomic mass is 32.2. The fraction of sp³-hybridized carbons (Fsp3) is 0.222. The molecule has 5 nitrogen and oxygen atoms in total. The predicted octanol–water partition coefficient (Wildman–Crippen LogP) is 3.59. The number of aromatic nitrogens is 2. The number of hydrogen-bond acceptors (Lipinski definition) is 3. The fourth-order valence-corrected chi connectivity index (χ4v) is 3.47. The van der Waals surface area contributed by atoms with E-state index in [1.807, 2.05) is 6.92 Å². The Labute approximate surface area is 143 Å². The van der Waals surface area contributed by atoms with Crippen LogP contribution in [-0.2, 0) is 4.79 Å². The van der Waals surface area contributed by atoms with Gasteiger partial charge in [0.25, 0.3) is 0 Å². The summed E-state index contributed by atoms with van der Waals surface area (Å²) in [7, 11) is 0. The Kier molecular flexibility index (Phi) is 4.49. The van der Waals surface area contributed by atoms with Gasteiger partial charge >= 0.3 is 5.69 Å². The number of hydrogen-bond donors (Lipinski definition) is 3. The molecular formula is C18H19N3O2S. The van der Waals surface area contributed by atoms with E-state index < -0.39 is 0 Å². The van der Waals surface area contributed by atoms with Crippen LogP contribution in [0.1, 0.15) is 18.1 Å². The van der Waals surface area contributed by atoms with E-state index in [1.165, 1.54) is 22.9 Å². The van der Waals surface area contributed by atoms with Crippen molar-refractivity contribution in [1.29, 1.82) is 0 Å². The van der Waals surface area contributed by atoms with Crippen LogP contribution < -0.4 is 11.0 Å². The van der Waals surface area contributed by atoms with E-state index in [0.29, 0.717) is 11.2 Å². The highest BCUT2D eigenvalue weighted by molar-refractivity contribution is 8.00. The van der Waals surface area contributed by atoms with Crippen LogP contribution in [0.2, 0.25) is 0 Å². The highest BCUT2D eigenvalue weighted by Crippen LogP contribution is 2.28. The number of carbonyl (C=O) groups excluding carboxylic acids is 1. The molecule has 0 aliphatic rings. The summed E-state index contributed by atoms with van der Waals surface area (Å²) >= 11 is 1.54. The number of imidazole rings is 1. The number of thioether (sulfide) groups is 1. The molecule has 0 aliphatic carbocycles. The molecule has 1 aromatic heterocycles. The number of fused-ring (bicyclic) bond motifs is 1. The zero-order valence-electron chi connectivity index (χ0n) is 13.8. The molecule has 0 spiro atoms. The molecule has 3 N–H and O–H groups in total. The summed E-state index contributed by atoms with van der Waals surface area (Å²) < 4.78 is 0. The molecule has 0 saturated heterocycles. The van der Waals surface area contributed by atoms with Gasteiger partial charge in [-0.25, -0.2) is 4.79 Å². The summed E-state index contributed by atoms with van der Waals surface area (Å²) in [6, 6.07) is 11.5. The van der Waals surface area contributed by atoms with Gasteiger partial charge in [-0.05, 0) is 50.6 Å². The number of nitrogens with one attached hydrogen (secondary N) is 3. The Morgan fingerprint density at radius 1 is 1.08 bits per heavy atom. The Morgan fingerprint density at radius 2 is 1.83 bits per heavy atom. The van der Waals surface area contributed by atoms with Crippen LogP contribution in [0.3, 0.4) is 0 Å². The molecule has 3 aromatic rings. The molecular weight excluding hydrogens is 322 g/mol. The van der Waals surface area contributed by atoms with Gasteiger partial charge in [0.2, 0.25) is 5.91 Å². The van der Waals surface area contributed by atoms with Crippen molar-refractivity contribution in [2.75, 3.05) is 5.32 Å². The van der Waals surface area contributed by atoms with Gasteiger partial charge in [-0.1, -0.05) is 17.7 Å². The van der Waals surface area contributed by atoms with Gasteiger partial charge in [-0.15, -0.1) is 11.8 Å². The van der Waals surface area contributed by atoms with E-state index in [4.69, 9.17) is 0 Å². The van der Waals surface area contributed by atoms with Gasteiger partial charge in [0.15, 0.2) is 0 Å². The molecule has 6 heteroatoms. The third kappa shape index (κ3) is 3.54. The van der Waals surface area contributed by atoms with Crippen LogP contribution in [0.15, 0.2) is 46.1 Å². The Morgan fingerprint density at radius 3 is 2.58 bits per heavy atom. The molecule has 124 valence electrons. The van der Waals surface area contributed by atoms with Gasteiger partial charge in [0, 0.05) is 10.6 Å². The zero-order chi connectivity index (χ0) is 17.3. The Bertz CT molecular complexity index is 958. The number of carbonyl (C=O) groups is 1. The van der Waals surface area contributed by atoms with Gasteiger partial charge in [0.1, 0.15) is 0 Å². The summed E-state index contributed by atoms with van der Waals surface area (Å²) in [6.07, 6.45) is 0. The smallest absolute Gasteiger partial charge is 0.323 e. The molecule has 3 rings (SSSR count). The third-order valence-corrected chi connectivity index (χ3v) is 5.07. The molecule has 0 radical (unpaired) electrons. The lowest BCUT2D eigenvalue weighted by molar-refractivity contribution is -0.115. The Hall–Kier alpha value is -2.47. The SMILES string of the molecule is Cc1ccc(SC(C)C(=O)Nc2ccc3[nH]c(=O)[nH]c3c2)c(C)c1. The quantitative estimate of drug-likeness (QED) is 0.635. The summed E-state index contributed by atoms with van der Waals surface area (Å²) in [5, 5.41) is 2.67. The largest absolute Gasteiger partial charge is 0.325 e. The molecule has 0 saturated carbocycles. The molecule has 0 fully saturated rings. The molecule has 1 heterocycles. The normalized spacial score (nSPS) is 12.3. The van der Waals surface area contributed by atoms with Crippen LogP contribution in [0.4, 0.5) is 5.69 Å². The second kappa shape index (κ2) is 6.57. The molecule has 1 amide bonds. The lowest BCUT2D eigenvalue weighted by Gasteiger charge is -2.14. The number of anilines is 1. The first-order valence-corrected chi connectivity index (χ1v) is 8.57. The van der Waals surface area contributed by atoms with E-state index >= 15 is 0 Å². The van der Waals surface area contributed by atoms with Crippen molar-refractivity contribution in [2.45, 2.75) is 30.9 Å². The van der Waals surface area contributed by atoms with Crippen molar-refractivity contribution in [2.24, 2.45) is 0 Å². The van der Waals surface area contributed by atoms with Crippen molar-refractivity contribution in [3.63, 3.8) is 0 Å². The monoisotopic (exact) mass is 341 g/mol.